The highest BCUT2D eigenvalue weighted by Gasteiger charge is 1.91. The monoisotopic (exact) mass is 145 g/mol. The van der Waals surface area contributed by atoms with Crippen molar-refractivity contribution in [3.05, 3.63) is 6.33 Å². The van der Waals surface area contributed by atoms with Gasteiger partial charge < -0.3 is 0 Å². The van der Waals surface area contributed by atoms with Gasteiger partial charge in [-0.2, -0.15) is 5.10 Å². The Balaban J connectivity index is 2.92. The second-order valence-corrected chi connectivity index (χ2v) is 2.41. The van der Waals surface area contributed by atoms with Crippen molar-refractivity contribution in [1.82, 2.24) is 14.8 Å². The maximum atomic E-state index is 4.04. The molecule has 0 unspecified atom stereocenters. The van der Waals surface area contributed by atoms with E-state index in [4.69, 9.17) is 0 Å². The normalized spacial score (nSPS) is 10.1. The van der Waals surface area contributed by atoms with Crippen LogP contribution in [0.2, 0.25) is 0 Å². The number of nitrogens with zero attached hydrogens (tertiary/aromatic N) is 3. The van der Waals surface area contributed by atoms with Gasteiger partial charge in [-0.25, -0.2) is 9.67 Å². The van der Waals surface area contributed by atoms with Crippen LogP contribution in [0.4, 0.5) is 0 Å². The molecule has 5 heteroatoms. The van der Waals surface area contributed by atoms with Crippen molar-refractivity contribution in [2.45, 2.75) is 11.3 Å². The van der Waals surface area contributed by atoms with Crippen molar-refractivity contribution in [3.8, 4) is 0 Å². The molecule has 3 nitrogen and oxygen atoms in total. The third kappa shape index (κ3) is 0.923. The largest absolute Gasteiger partial charge is 0.245 e. The topological polar surface area (TPSA) is 30.7 Å². The van der Waals surface area contributed by atoms with Gasteiger partial charge in [0, 0.05) is 16.4 Å². The van der Waals surface area contributed by atoms with Crippen molar-refractivity contribution in [3.63, 3.8) is 0 Å². The molecule has 0 bridgehead atoms. The molecule has 8 heavy (non-hydrogen) atoms. The summed E-state index contributed by atoms with van der Waals surface area (Å²) in [5.41, 5.74) is 0. The first-order valence-electron chi connectivity index (χ1n) is 2.41. The molecule has 0 aliphatic carbocycles. The second-order valence-electron chi connectivity index (χ2n) is 1.38. The summed E-state index contributed by atoms with van der Waals surface area (Å²) in [6, 6.07) is 0. The quantitative estimate of drug-likeness (QED) is 0.401. The fourth-order valence-corrected chi connectivity index (χ4v) is 1.45. The molecule has 0 aromatic carbocycles. The van der Waals surface area contributed by atoms with E-state index in [1.165, 1.54) is 6.33 Å². The zero-order chi connectivity index (χ0) is 5.98. The highest BCUT2D eigenvalue weighted by atomic mass is 32.1. The average Bonchev–Trinajstić information content (AvgIpc) is 2.14. The lowest BCUT2D eigenvalue weighted by atomic mass is 11.2. The number of thiol groups is 1. The van der Waals surface area contributed by atoms with Crippen molar-refractivity contribution in [2.75, 3.05) is 0 Å². The van der Waals surface area contributed by atoms with Gasteiger partial charge in [0.2, 0.25) is 0 Å². The van der Waals surface area contributed by atoms with Crippen LogP contribution in [0.1, 0.15) is 0 Å². The maximum absolute atomic E-state index is 4.04. The number of hydrogen-bond donors (Lipinski definition) is 1. The summed E-state index contributed by atoms with van der Waals surface area (Å²) < 4.78 is 1.77. The number of rotatable bonds is 1. The Morgan fingerprint density at radius 3 is 2.88 bits per heavy atom. The molecular formula is C3H7N3SSi. The van der Waals surface area contributed by atoms with Gasteiger partial charge in [0.1, 0.15) is 6.33 Å². The molecule has 0 fully saturated rings. The molecule has 1 heterocycles. The van der Waals surface area contributed by atoms with E-state index in [2.05, 4.69) is 22.7 Å². The van der Waals surface area contributed by atoms with Crippen LogP contribution in [0.25, 0.3) is 0 Å². The fraction of sp³-hybridized carbons (Fsp3) is 0.333. The van der Waals surface area contributed by atoms with Crippen LogP contribution >= 0.6 is 12.6 Å². The molecule has 0 spiro atoms. The summed E-state index contributed by atoms with van der Waals surface area (Å²) in [4.78, 5) is 3.83. The minimum atomic E-state index is 0.708. The van der Waals surface area contributed by atoms with Gasteiger partial charge >= 0.3 is 0 Å². The first-order chi connectivity index (χ1) is 3.84. The maximum Gasteiger partial charge on any atom is 0.182 e. The zero-order valence-electron chi connectivity index (χ0n) is 4.57. The Kier molecular flexibility index (Phi) is 1.69. The van der Waals surface area contributed by atoms with Gasteiger partial charge in [-0.1, -0.05) is 0 Å². The molecule has 0 N–H and O–H groups in total. The van der Waals surface area contributed by atoms with Gasteiger partial charge in [0.15, 0.2) is 5.16 Å². The van der Waals surface area contributed by atoms with E-state index in [-0.39, 0.29) is 0 Å². The summed E-state index contributed by atoms with van der Waals surface area (Å²) in [7, 11) is 1.10. The van der Waals surface area contributed by atoms with Crippen LogP contribution in [0.5, 0.6) is 0 Å². The van der Waals surface area contributed by atoms with Crippen LogP contribution in [0.3, 0.4) is 0 Å². The van der Waals surface area contributed by atoms with Gasteiger partial charge in [0.05, 0.1) is 0 Å². The molecule has 0 radical (unpaired) electrons. The molecule has 1 aromatic rings. The van der Waals surface area contributed by atoms with E-state index in [9.17, 15) is 0 Å². The van der Waals surface area contributed by atoms with Crippen molar-refractivity contribution in [2.24, 2.45) is 0 Å². The van der Waals surface area contributed by atoms with Gasteiger partial charge in [0.25, 0.3) is 0 Å². The van der Waals surface area contributed by atoms with Crippen molar-refractivity contribution >= 4 is 22.9 Å². The average molecular weight is 145 g/mol. The standard InChI is InChI=1S/C3H7N3SSi/c7-3-4-1-5-6(3)2-8/h1H,2H2,8H3,(H,4,5,7). The Morgan fingerprint density at radius 2 is 2.62 bits per heavy atom. The summed E-state index contributed by atoms with van der Waals surface area (Å²) in [6.45, 7) is 0. The zero-order valence-corrected chi connectivity index (χ0v) is 7.47. The van der Waals surface area contributed by atoms with E-state index in [0.29, 0.717) is 5.16 Å². The van der Waals surface area contributed by atoms with E-state index >= 15 is 0 Å². The summed E-state index contributed by atoms with van der Waals surface area (Å²) >= 11 is 4.04. The second kappa shape index (κ2) is 2.32. The Morgan fingerprint density at radius 1 is 1.88 bits per heavy atom. The summed E-state index contributed by atoms with van der Waals surface area (Å²) in [5, 5.41) is 4.61. The molecule has 0 amide bonds. The number of hydrogen-bond acceptors (Lipinski definition) is 3. The molecular weight excluding hydrogens is 138 g/mol. The molecule has 0 atom stereocenters. The molecule has 1 rings (SSSR count). The minimum absolute atomic E-state index is 0.708. The molecule has 0 saturated carbocycles. The van der Waals surface area contributed by atoms with Crippen LogP contribution in [-0.2, 0) is 6.17 Å². The first kappa shape index (κ1) is 5.84. The lowest BCUT2D eigenvalue weighted by Crippen LogP contribution is -1.99. The highest BCUT2D eigenvalue weighted by Crippen LogP contribution is 1.95. The Bertz CT molecular complexity index is 175. The molecule has 0 saturated heterocycles. The van der Waals surface area contributed by atoms with Crippen molar-refractivity contribution < 1.29 is 0 Å². The minimum Gasteiger partial charge on any atom is -0.245 e. The van der Waals surface area contributed by atoms with E-state index in [1.54, 1.807) is 4.68 Å². The van der Waals surface area contributed by atoms with Crippen LogP contribution in [-0.4, -0.2) is 25.0 Å². The number of aromatic nitrogens is 3. The molecule has 44 valence electrons. The highest BCUT2D eigenvalue weighted by molar-refractivity contribution is 7.80. The third-order valence-corrected chi connectivity index (χ3v) is 1.84. The van der Waals surface area contributed by atoms with Gasteiger partial charge in [-0.3, -0.25) is 0 Å². The van der Waals surface area contributed by atoms with Crippen LogP contribution in [0.15, 0.2) is 11.5 Å². The predicted molar refractivity (Wildman–Crippen MR) is 37.2 cm³/mol. The molecule has 0 aliphatic heterocycles. The van der Waals surface area contributed by atoms with Crippen LogP contribution < -0.4 is 0 Å². The summed E-state index contributed by atoms with van der Waals surface area (Å²) in [5.74, 6) is 0. The third-order valence-electron chi connectivity index (χ3n) is 0.895. The molecule has 1 aromatic heterocycles. The smallest absolute Gasteiger partial charge is 0.182 e. The lowest BCUT2D eigenvalue weighted by Gasteiger charge is -1.91. The first-order valence-corrected chi connectivity index (χ1v) is 4.27. The van der Waals surface area contributed by atoms with Crippen molar-refractivity contribution in [1.29, 1.82) is 0 Å². The van der Waals surface area contributed by atoms with E-state index in [1.807, 2.05) is 0 Å². The lowest BCUT2D eigenvalue weighted by molar-refractivity contribution is 0.667. The predicted octanol–water partition coefficient (Wildman–Crippen LogP) is -1.11. The van der Waals surface area contributed by atoms with Crippen LogP contribution in [0, 0.1) is 0 Å². The van der Waals surface area contributed by atoms with Gasteiger partial charge in [-0.15, -0.1) is 12.6 Å². The van der Waals surface area contributed by atoms with E-state index in [0.717, 1.165) is 16.4 Å². The van der Waals surface area contributed by atoms with E-state index < -0.39 is 0 Å². The Hall–Kier alpha value is -0.293. The summed E-state index contributed by atoms with van der Waals surface area (Å²) in [6.07, 6.45) is 2.49. The SMILES string of the molecule is [SiH3]Cn1ncnc1S. The fourth-order valence-electron chi connectivity index (χ4n) is 0.481. The Labute approximate surface area is 55.9 Å². The molecule has 0 aliphatic rings. The van der Waals surface area contributed by atoms with Gasteiger partial charge in [-0.05, 0) is 0 Å².